The van der Waals surface area contributed by atoms with Crippen molar-refractivity contribution in [2.24, 2.45) is 0 Å². The predicted molar refractivity (Wildman–Crippen MR) is 90.5 cm³/mol. The van der Waals surface area contributed by atoms with Crippen molar-refractivity contribution in [3.05, 3.63) is 70.3 Å². The second-order valence-corrected chi connectivity index (χ2v) is 6.56. The van der Waals surface area contributed by atoms with E-state index in [4.69, 9.17) is 0 Å². The first-order chi connectivity index (χ1) is 14.5. The summed E-state index contributed by atoms with van der Waals surface area (Å²) in [5.74, 6) is -3.35. The number of halogens is 9. The van der Waals surface area contributed by atoms with Crippen LogP contribution in [0.15, 0.2) is 42.5 Å². The van der Waals surface area contributed by atoms with Crippen LogP contribution in [0.2, 0.25) is 0 Å². The largest absolute Gasteiger partial charge is 0.480 e. The van der Waals surface area contributed by atoms with Gasteiger partial charge in [-0.3, -0.25) is 4.79 Å². The lowest BCUT2D eigenvalue weighted by molar-refractivity contribution is -0.143. The molecule has 1 atom stereocenters. The number of benzene rings is 2. The number of amides is 1. The SMILES string of the molecule is O=C(N[C@H](Cc1cccc(C(F)(F)F)c1)C(=O)O)c1cc(C(F)(F)F)cc(C(F)(F)F)c1. The van der Waals surface area contributed by atoms with E-state index in [2.05, 4.69) is 0 Å². The number of alkyl halides is 9. The monoisotopic (exact) mass is 473 g/mol. The van der Waals surface area contributed by atoms with Gasteiger partial charge in [0, 0.05) is 12.0 Å². The van der Waals surface area contributed by atoms with Crippen molar-refractivity contribution in [3.63, 3.8) is 0 Å². The quantitative estimate of drug-likeness (QED) is 0.590. The van der Waals surface area contributed by atoms with Crippen LogP contribution in [-0.2, 0) is 29.7 Å². The Morgan fingerprint density at radius 2 is 1.28 bits per heavy atom. The van der Waals surface area contributed by atoms with E-state index in [1.807, 2.05) is 0 Å². The van der Waals surface area contributed by atoms with Gasteiger partial charge in [0.2, 0.25) is 0 Å². The van der Waals surface area contributed by atoms with E-state index in [0.717, 1.165) is 12.1 Å². The molecule has 0 aliphatic carbocycles. The van der Waals surface area contributed by atoms with Crippen molar-refractivity contribution in [2.75, 3.05) is 0 Å². The zero-order valence-electron chi connectivity index (χ0n) is 15.5. The van der Waals surface area contributed by atoms with E-state index >= 15 is 0 Å². The molecule has 0 unspecified atom stereocenters. The molecular weight excluding hydrogens is 461 g/mol. The third-order valence-corrected chi connectivity index (χ3v) is 4.15. The normalized spacial score (nSPS) is 13.5. The van der Waals surface area contributed by atoms with Crippen molar-refractivity contribution in [2.45, 2.75) is 31.0 Å². The molecule has 2 aromatic rings. The highest BCUT2D eigenvalue weighted by atomic mass is 19.4. The third kappa shape index (κ3) is 6.37. The highest BCUT2D eigenvalue weighted by Crippen LogP contribution is 2.36. The zero-order chi connectivity index (χ0) is 24.5. The number of carboxylic acids is 1. The van der Waals surface area contributed by atoms with Crippen LogP contribution in [0.4, 0.5) is 39.5 Å². The van der Waals surface area contributed by atoms with Crippen molar-refractivity contribution in [1.29, 1.82) is 0 Å². The minimum Gasteiger partial charge on any atom is -0.480 e. The lowest BCUT2D eigenvalue weighted by Crippen LogP contribution is -2.42. The molecule has 2 aromatic carbocycles. The molecule has 4 nitrogen and oxygen atoms in total. The lowest BCUT2D eigenvalue weighted by atomic mass is 10.0. The number of rotatable bonds is 5. The maximum atomic E-state index is 12.9. The van der Waals surface area contributed by atoms with Crippen molar-refractivity contribution < 1.29 is 54.2 Å². The molecule has 0 fully saturated rings. The van der Waals surface area contributed by atoms with Crippen LogP contribution in [0.5, 0.6) is 0 Å². The van der Waals surface area contributed by atoms with Crippen molar-refractivity contribution in [1.82, 2.24) is 5.32 Å². The molecule has 0 radical (unpaired) electrons. The fraction of sp³-hybridized carbons (Fsp3) is 0.263. The van der Waals surface area contributed by atoms with Crippen LogP contribution in [0.3, 0.4) is 0 Å². The van der Waals surface area contributed by atoms with Crippen LogP contribution in [0.1, 0.15) is 32.6 Å². The van der Waals surface area contributed by atoms with Crippen molar-refractivity contribution in [3.8, 4) is 0 Å². The van der Waals surface area contributed by atoms with Crippen LogP contribution >= 0.6 is 0 Å². The van der Waals surface area contributed by atoms with Gasteiger partial charge in [0.25, 0.3) is 5.91 Å². The molecule has 174 valence electrons. The van der Waals surface area contributed by atoms with Crippen LogP contribution in [0.25, 0.3) is 0 Å². The van der Waals surface area contributed by atoms with E-state index in [9.17, 15) is 54.2 Å². The molecule has 0 saturated heterocycles. The fourth-order valence-electron chi connectivity index (χ4n) is 2.64. The van der Waals surface area contributed by atoms with Gasteiger partial charge in [0.15, 0.2) is 0 Å². The second kappa shape index (κ2) is 8.71. The first-order valence-corrected chi connectivity index (χ1v) is 8.48. The Balaban J connectivity index is 2.35. The van der Waals surface area contributed by atoms with E-state index in [1.54, 1.807) is 5.32 Å². The summed E-state index contributed by atoms with van der Waals surface area (Å²) in [6, 6.07) is 1.46. The highest BCUT2D eigenvalue weighted by molar-refractivity contribution is 5.97. The Kier molecular flexibility index (Phi) is 6.81. The summed E-state index contributed by atoms with van der Waals surface area (Å²) in [5.41, 5.74) is -6.00. The second-order valence-electron chi connectivity index (χ2n) is 6.56. The van der Waals surface area contributed by atoms with Gasteiger partial charge in [-0.2, -0.15) is 39.5 Å². The molecule has 13 heteroatoms. The van der Waals surface area contributed by atoms with E-state index in [0.29, 0.717) is 12.1 Å². The number of carbonyl (C=O) groups excluding carboxylic acids is 1. The molecule has 0 aromatic heterocycles. The molecule has 1 amide bonds. The summed E-state index contributed by atoms with van der Waals surface area (Å²) in [6.07, 6.45) is -15.9. The Labute approximate surface area is 173 Å². The van der Waals surface area contributed by atoms with E-state index in [1.165, 1.54) is 0 Å². The topological polar surface area (TPSA) is 66.4 Å². The van der Waals surface area contributed by atoms with Gasteiger partial charge >= 0.3 is 24.5 Å². The maximum Gasteiger partial charge on any atom is 0.416 e. The summed E-state index contributed by atoms with van der Waals surface area (Å²) >= 11 is 0. The molecule has 2 N–H and O–H groups in total. The van der Waals surface area contributed by atoms with Crippen LogP contribution in [-0.4, -0.2) is 23.0 Å². The Morgan fingerprint density at radius 1 is 0.781 bits per heavy atom. The zero-order valence-corrected chi connectivity index (χ0v) is 15.5. The summed E-state index contributed by atoms with van der Waals surface area (Å²) in [6.45, 7) is 0. The molecule has 0 heterocycles. The van der Waals surface area contributed by atoms with Gasteiger partial charge in [0.05, 0.1) is 16.7 Å². The van der Waals surface area contributed by atoms with E-state index in [-0.39, 0.29) is 23.8 Å². The standard InChI is InChI=1S/C19H12F9NO3/c20-17(21,22)11-3-1-2-9(4-11)5-14(16(31)32)29-15(30)10-6-12(18(23,24)25)8-13(7-10)19(26,27)28/h1-4,6-8,14H,5H2,(H,29,30)(H,31,32)/t14-/m1/s1. The number of hydrogen-bond acceptors (Lipinski definition) is 2. The molecule has 0 aliphatic rings. The number of carbonyl (C=O) groups is 2. The fourth-order valence-corrected chi connectivity index (χ4v) is 2.64. The minimum absolute atomic E-state index is 0.105. The Morgan fingerprint density at radius 3 is 1.72 bits per heavy atom. The average Bonchev–Trinajstić information content (AvgIpc) is 2.65. The average molecular weight is 473 g/mol. The van der Waals surface area contributed by atoms with E-state index < -0.39 is 65.1 Å². The first-order valence-electron chi connectivity index (χ1n) is 8.48. The maximum absolute atomic E-state index is 12.9. The van der Waals surface area contributed by atoms with Gasteiger partial charge in [-0.25, -0.2) is 4.79 Å². The Bertz CT molecular complexity index is 978. The minimum atomic E-state index is -5.24. The summed E-state index contributed by atoms with van der Waals surface area (Å²) in [4.78, 5) is 23.7. The molecular formula is C19H12F9NO3. The number of nitrogens with one attached hydrogen (secondary N) is 1. The summed E-state index contributed by atoms with van der Waals surface area (Å²) in [7, 11) is 0. The molecule has 0 spiro atoms. The Hall–Kier alpha value is -3.25. The van der Waals surface area contributed by atoms with Gasteiger partial charge in [-0.1, -0.05) is 18.2 Å². The molecule has 32 heavy (non-hydrogen) atoms. The molecule has 0 bridgehead atoms. The van der Waals surface area contributed by atoms with Gasteiger partial charge in [-0.05, 0) is 29.8 Å². The molecule has 2 rings (SSSR count). The van der Waals surface area contributed by atoms with Crippen molar-refractivity contribution >= 4 is 11.9 Å². The number of aliphatic carboxylic acids is 1. The number of hydrogen-bond donors (Lipinski definition) is 2. The predicted octanol–water partition coefficient (Wildman–Crippen LogP) is 5.17. The van der Waals surface area contributed by atoms with Gasteiger partial charge in [0.1, 0.15) is 6.04 Å². The third-order valence-electron chi connectivity index (χ3n) is 4.15. The van der Waals surface area contributed by atoms with Gasteiger partial charge < -0.3 is 10.4 Å². The highest BCUT2D eigenvalue weighted by Gasteiger charge is 2.38. The van der Waals surface area contributed by atoms with Crippen LogP contribution < -0.4 is 5.32 Å². The first kappa shape index (κ1) is 25.0. The summed E-state index contributed by atoms with van der Waals surface area (Å²) < 4.78 is 116. The molecule has 0 aliphatic heterocycles. The smallest absolute Gasteiger partial charge is 0.416 e. The van der Waals surface area contributed by atoms with Gasteiger partial charge in [-0.15, -0.1) is 0 Å². The summed E-state index contributed by atoms with van der Waals surface area (Å²) in [5, 5.41) is 11.0. The van der Waals surface area contributed by atoms with Crippen LogP contribution in [0, 0.1) is 0 Å². The number of carboxylic acid groups (broad SMARTS) is 1. The lowest BCUT2D eigenvalue weighted by Gasteiger charge is -2.17. The molecule has 0 saturated carbocycles.